The lowest BCUT2D eigenvalue weighted by atomic mass is 9.99. The van der Waals surface area contributed by atoms with Crippen LogP contribution in [0.1, 0.15) is 17.2 Å². The topological polar surface area (TPSA) is 47.3 Å². The van der Waals surface area contributed by atoms with Crippen LogP contribution < -0.4 is 16.0 Å². The van der Waals surface area contributed by atoms with Gasteiger partial charge in [-0.15, -0.1) is 0 Å². The van der Waals surface area contributed by atoms with Gasteiger partial charge in [0.2, 0.25) is 0 Å². The molecule has 20 heavy (non-hydrogen) atoms. The van der Waals surface area contributed by atoms with Gasteiger partial charge in [0.15, 0.2) is 0 Å². The summed E-state index contributed by atoms with van der Waals surface area (Å²) in [6.45, 7) is 0. The normalized spacial score (nSPS) is 12.2. The van der Waals surface area contributed by atoms with E-state index in [4.69, 9.17) is 22.2 Å². The number of halogens is 3. The van der Waals surface area contributed by atoms with Gasteiger partial charge in [-0.3, -0.25) is 5.84 Å². The Kier molecular flexibility index (Phi) is 4.99. The molecule has 6 heteroatoms. The van der Waals surface area contributed by atoms with Gasteiger partial charge in [0.05, 0.1) is 18.2 Å². The molecule has 0 aliphatic carbocycles. The summed E-state index contributed by atoms with van der Waals surface area (Å²) >= 11 is 9.30. The van der Waals surface area contributed by atoms with E-state index in [2.05, 4.69) is 21.4 Å². The van der Waals surface area contributed by atoms with Crippen LogP contribution >= 0.6 is 27.5 Å². The highest BCUT2D eigenvalue weighted by molar-refractivity contribution is 9.10. The monoisotopic (exact) mass is 358 g/mol. The molecule has 0 bridgehead atoms. The van der Waals surface area contributed by atoms with E-state index in [0.717, 1.165) is 10.0 Å². The molecule has 0 aromatic heterocycles. The Morgan fingerprint density at radius 3 is 2.60 bits per heavy atom. The molecule has 0 radical (unpaired) electrons. The molecule has 0 saturated heterocycles. The van der Waals surface area contributed by atoms with Crippen molar-refractivity contribution < 1.29 is 9.13 Å². The van der Waals surface area contributed by atoms with Crippen molar-refractivity contribution in [3.05, 3.63) is 62.8 Å². The molecule has 0 fully saturated rings. The second-order valence-corrected chi connectivity index (χ2v) is 5.42. The summed E-state index contributed by atoms with van der Waals surface area (Å²) in [5, 5.41) is 0.583. The summed E-state index contributed by atoms with van der Waals surface area (Å²) in [6, 6.07) is 9.50. The van der Waals surface area contributed by atoms with E-state index in [0.29, 0.717) is 16.3 Å². The highest BCUT2D eigenvalue weighted by Gasteiger charge is 2.18. The number of benzene rings is 2. The van der Waals surface area contributed by atoms with Gasteiger partial charge in [-0.2, -0.15) is 0 Å². The predicted molar refractivity (Wildman–Crippen MR) is 81.3 cm³/mol. The molecule has 0 aliphatic heterocycles. The van der Waals surface area contributed by atoms with Gasteiger partial charge < -0.3 is 4.74 Å². The van der Waals surface area contributed by atoms with Gasteiger partial charge in [-0.1, -0.05) is 23.7 Å². The average Bonchev–Trinajstić information content (AvgIpc) is 2.45. The van der Waals surface area contributed by atoms with Crippen molar-refractivity contribution in [3.63, 3.8) is 0 Å². The first kappa shape index (κ1) is 15.3. The zero-order valence-corrected chi connectivity index (χ0v) is 13.0. The Morgan fingerprint density at radius 2 is 2.05 bits per heavy atom. The van der Waals surface area contributed by atoms with Crippen molar-refractivity contribution in [3.8, 4) is 5.75 Å². The summed E-state index contributed by atoms with van der Waals surface area (Å²) in [5.74, 6) is 5.64. The first-order chi connectivity index (χ1) is 9.56. The lowest BCUT2D eigenvalue weighted by Crippen LogP contribution is -2.29. The number of hydrazine groups is 1. The second-order valence-electron chi connectivity index (χ2n) is 4.16. The minimum Gasteiger partial charge on any atom is -0.497 e. The number of hydrogen-bond donors (Lipinski definition) is 2. The highest BCUT2D eigenvalue weighted by atomic mass is 79.9. The molecule has 0 spiro atoms. The number of methoxy groups -OCH3 is 1. The number of ether oxygens (including phenoxy) is 1. The molecule has 0 aliphatic rings. The molecule has 0 heterocycles. The van der Waals surface area contributed by atoms with Gasteiger partial charge in [0, 0.05) is 16.1 Å². The Labute approximate surface area is 130 Å². The van der Waals surface area contributed by atoms with Gasteiger partial charge in [-0.25, -0.2) is 9.82 Å². The standard InChI is InChI=1S/C14H13BrClFN2O/c1-20-9-3-4-10(13(17)7-9)14(19-18)8-2-5-12(16)11(15)6-8/h2-7,14,19H,18H2,1H3. The highest BCUT2D eigenvalue weighted by Crippen LogP contribution is 2.30. The molecule has 2 aromatic carbocycles. The van der Waals surface area contributed by atoms with E-state index in [-0.39, 0.29) is 0 Å². The van der Waals surface area contributed by atoms with Crippen LogP contribution in [0.3, 0.4) is 0 Å². The fraction of sp³-hybridized carbons (Fsp3) is 0.143. The van der Waals surface area contributed by atoms with E-state index in [9.17, 15) is 4.39 Å². The van der Waals surface area contributed by atoms with Crippen molar-refractivity contribution in [2.45, 2.75) is 6.04 Å². The maximum atomic E-state index is 14.1. The summed E-state index contributed by atoms with van der Waals surface area (Å²) in [7, 11) is 1.49. The molecule has 3 nitrogen and oxygen atoms in total. The predicted octanol–water partition coefficient (Wildman–Crippen LogP) is 3.80. The zero-order chi connectivity index (χ0) is 14.7. The molecule has 2 rings (SSSR count). The summed E-state index contributed by atoms with van der Waals surface area (Å²) < 4.78 is 19.8. The molecular formula is C14H13BrClFN2O. The second kappa shape index (κ2) is 6.54. The van der Waals surface area contributed by atoms with Crippen LogP contribution in [0.15, 0.2) is 40.9 Å². The maximum absolute atomic E-state index is 14.1. The molecule has 0 amide bonds. The van der Waals surface area contributed by atoms with Gasteiger partial charge in [-0.05, 0) is 39.7 Å². The summed E-state index contributed by atoms with van der Waals surface area (Å²) in [5.41, 5.74) is 3.85. The number of nitrogens with one attached hydrogen (secondary N) is 1. The first-order valence-electron chi connectivity index (χ1n) is 5.81. The van der Waals surface area contributed by atoms with Crippen molar-refractivity contribution in [1.82, 2.24) is 5.43 Å². The zero-order valence-electron chi connectivity index (χ0n) is 10.7. The minimum atomic E-state index is -0.477. The van der Waals surface area contributed by atoms with E-state index >= 15 is 0 Å². The van der Waals surface area contributed by atoms with Crippen molar-refractivity contribution >= 4 is 27.5 Å². The van der Waals surface area contributed by atoms with Crippen LogP contribution in [0.5, 0.6) is 5.75 Å². The van der Waals surface area contributed by atoms with Crippen molar-refractivity contribution in [2.75, 3.05) is 7.11 Å². The quantitative estimate of drug-likeness (QED) is 0.645. The fourth-order valence-electron chi connectivity index (χ4n) is 1.93. The van der Waals surface area contributed by atoms with Crippen LogP contribution in [0.25, 0.3) is 0 Å². The number of rotatable bonds is 4. The maximum Gasteiger partial charge on any atom is 0.132 e. The lowest BCUT2D eigenvalue weighted by Gasteiger charge is -2.18. The number of nitrogens with two attached hydrogens (primary N) is 1. The smallest absolute Gasteiger partial charge is 0.132 e. The van der Waals surface area contributed by atoms with E-state index < -0.39 is 11.9 Å². The van der Waals surface area contributed by atoms with Crippen LogP contribution in [-0.2, 0) is 0 Å². The molecule has 3 N–H and O–H groups in total. The fourth-order valence-corrected chi connectivity index (χ4v) is 2.44. The van der Waals surface area contributed by atoms with Crippen LogP contribution in [0, 0.1) is 5.82 Å². The van der Waals surface area contributed by atoms with Gasteiger partial charge in [0.25, 0.3) is 0 Å². The SMILES string of the molecule is COc1ccc(C(NN)c2ccc(Cl)c(Br)c2)c(F)c1. The third-order valence-electron chi connectivity index (χ3n) is 2.96. The lowest BCUT2D eigenvalue weighted by molar-refractivity contribution is 0.410. The van der Waals surface area contributed by atoms with Gasteiger partial charge >= 0.3 is 0 Å². The third-order valence-corrected chi connectivity index (χ3v) is 4.18. The molecule has 106 valence electrons. The third kappa shape index (κ3) is 3.12. The van der Waals surface area contributed by atoms with Crippen molar-refractivity contribution in [2.24, 2.45) is 5.84 Å². The Bertz CT molecular complexity index is 624. The van der Waals surface area contributed by atoms with Crippen molar-refractivity contribution in [1.29, 1.82) is 0 Å². The average molecular weight is 360 g/mol. The minimum absolute atomic E-state index is 0.390. The molecular weight excluding hydrogens is 347 g/mol. The van der Waals surface area contributed by atoms with E-state index in [1.54, 1.807) is 30.3 Å². The Hall–Kier alpha value is -1.14. The Balaban J connectivity index is 2.43. The molecule has 2 aromatic rings. The molecule has 0 saturated carbocycles. The largest absolute Gasteiger partial charge is 0.497 e. The summed E-state index contributed by atoms with van der Waals surface area (Å²) in [6.07, 6.45) is 0. The van der Waals surface area contributed by atoms with Crippen LogP contribution in [0.4, 0.5) is 4.39 Å². The summed E-state index contributed by atoms with van der Waals surface area (Å²) in [4.78, 5) is 0. The number of hydrogen-bond acceptors (Lipinski definition) is 3. The first-order valence-corrected chi connectivity index (χ1v) is 6.98. The molecule has 1 atom stereocenters. The van der Waals surface area contributed by atoms with Crippen LogP contribution in [-0.4, -0.2) is 7.11 Å². The van der Waals surface area contributed by atoms with Gasteiger partial charge in [0.1, 0.15) is 11.6 Å². The van der Waals surface area contributed by atoms with E-state index in [1.807, 2.05) is 0 Å². The Morgan fingerprint density at radius 1 is 1.30 bits per heavy atom. The molecule has 1 unspecified atom stereocenters. The van der Waals surface area contributed by atoms with E-state index in [1.165, 1.54) is 13.2 Å². The van der Waals surface area contributed by atoms with Crippen LogP contribution in [0.2, 0.25) is 5.02 Å².